The number of hydrogen-bond acceptors (Lipinski definition) is 9. The summed E-state index contributed by atoms with van der Waals surface area (Å²) in [4.78, 5) is 57.2. The van der Waals surface area contributed by atoms with Crippen LogP contribution in [0, 0.1) is 5.92 Å². The van der Waals surface area contributed by atoms with Gasteiger partial charge in [0.05, 0.1) is 17.7 Å². The predicted molar refractivity (Wildman–Crippen MR) is 147 cm³/mol. The van der Waals surface area contributed by atoms with Gasteiger partial charge in [-0.15, -0.1) is 0 Å². The summed E-state index contributed by atoms with van der Waals surface area (Å²) in [5.41, 5.74) is 1.46. The van der Waals surface area contributed by atoms with E-state index in [-0.39, 0.29) is 29.2 Å². The second-order valence-corrected chi connectivity index (χ2v) is 11.6. The molecule has 0 radical (unpaired) electrons. The molecule has 5 rings (SSSR count). The minimum atomic E-state index is -2.71. The lowest BCUT2D eigenvalue weighted by Gasteiger charge is -2.51. The molecule has 4 heterocycles. The summed E-state index contributed by atoms with van der Waals surface area (Å²) in [6.45, 7) is 2.65. The fourth-order valence-electron chi connectivity index (χ4n) is 6.28. The van der Waals surface area contributed by atoms with Crippen molar-refractivity contribution in [3.63, 3.8) is 0 Å². The number of amides is 2. The van der Waals surface area contributed by atoms with Crippen molar-refractivity contribution in [3.05, 3.63) is 54.2 Å². The Balaban J connectivity index is 1.40. The number of aliphatic hydroxyl groups is 1. The standard InChI is InChI=1S/C28H35BN4O8/c1-16(2)13-23(29-33(4)21(27(37)40-29)14-39-15-22(33)28(38)41-29)31-26(36)24(17(3)34)32-25(35)20-12-8-11-19(30-20)18-9-6-5-7-10-18/h5-12,16-17,21-24,34H,13-15H2,1-4H3,(H,31,36)(H,32,35)/t17-,21-,22-,23+,24+,29?,33?/m1/s1. The number of quaternary nitrogens is 1. The Morgan fingerprint density at radius 1 is 1.00 bits per heavy atom. The molecule has 3 aliphatic heterocycles. The van der Waals surface area contributed by atoms with Crippen LogP contribution in [0.1, 0.15) is 37.7 Å². The number of morpholine rings is 1. The number of pyridine rings is 1. The molecular formula is C28H35BN4O8. The second-order valence-electron chi connectivity index (χ2n) is 11.6. The molecule has 0 bridgehead atoms. The number of likely N-dealkylation sites (N-methyl/N-ethyl adjacent to an activating group) is 1. The Labute approximate surface area is 237 Å². The zero-order chi connectivity index (χ0) is 29.5. The zero-order valence-corrected chi connectivity index (χ0v) is 23.5. The monoisotopic (exact) mass is 566 g/mol. The molecule has 3 aliphatic rings. The molecule has 1 aromatic heterocycles. The highest BCUT2D eigenvalue weighted by Gasteiger charge is 2.77. The van der Waals surface area contributed by atoms with Crippen LogP contribution >= 0.6 is 0 Å². The maximum absolute atomic E-state index is 13.7. The summed E-state index contributed by atoms with van der Waals surface area (Å²) in [6.07, 6.45) is -0.978. The Bertz CT molecular complexity index is 1330. The number of aromatic nitrogens is 1. The van der Waals surface area contributed by atoms with E-state index >= 15 is 0 Å². The molecule has 5 atom stereocenters. The first-order chi connectivity index (χ1) is 19.5. The van der Waals surface area contributed by atoms with Crippen molar-refractivity contribution in [1.29, 1.82) is 0 Å². The van der Waals surface area contributed by atoms with E-state index in [4.69, 9.17) is 14.0 Å². The van der Waals surface area contributed by atoms with Crippen molar-refractivity contribution >= 4 is 30.4 Å². The number of carbonyl (C=O) groups excluding carboxylic acids is 4. The molecule has 0 saturated carbocycles. The molecule has 12 nitrogen and oxygen atoms in total. The largest absolute Gasteiger partial charge is 0.606 e. The average Bonchev–Trinajstić information content (AvgIpc) is 3.31. The van der Waals surface area contributed by atoms with Crippen molar-refractivity contribution in [2.45, 2.75) is 57.4 Å². The lowest BCUT2D eigenvalue weighted by molar-refractivity contribution is -0.854. The van der Waals surface area contributed by atoms with Crippen LogP contribution in [-0.4, -0.2) is 95.4 Å². The van der Waals surface area contributed by atoms with E-state index in [0.29, 0.717) is 12.1 Å². The van der Waals surface area contributed by atoms with Gasteiger partial charge in [0, 0.05) is 12.6 Å². The van der Waals surface area contributed by atoms with Crippen LogP contribution in [0.3, 0.4) is 0 Å². The lowest BCUT2D eigenvalue weighted by Crippen LogP contribution is -2.77. The Morgan fingerprint density at radius 2 is 1.63 bits per heavy atom. The van der Waals surface area contributed by atoms with E-state index in [9.17, 15) is 24.3 Å². The number of rotatable bonds is 9. The van der Waals surface area contributed by atoms with E-state index in [1.165, 1.54) is 13.0 Å². The summed E-state index contributed by atoms with van der Waals surface area (Å²) in [5.74, 6) is -3.39. The molecule has 0 aliphatic carbocycles. The maximum Gasteiger partial charge on any atom is 0.606 e. The summed E-state index contributed by atoms with van der Waals surface area (Å²) < 4.78 is 17.1. The molecule has 1 aromatic carbocycles. The van der Waals surface area contributed by atoms with E-state index in [2.05, 4.69) is 15.6 Å². The number of aliphatic hydroxyl groups excluding tert-OH is 1. The highest BCUT2D eigenvalue weighted by Crippen LogP contribution is 2.46. The van der Waals surface area contributed by atoms with Gasteiger partial charge in [0.25, 0.3) is 5.91 Å². The van der Waals surface area contributed by atoms with Gasteiger partial charge in [0.1, 0.15) is 24.9 Å². The quantitative estimate of drug-likeness (QED) is 0.370. The number of nitrogens with one attached hydrogen (secondary N) is 2. The Kier molecular flexibility index (Phi) is 7.62. The molecule has 41 heavy (non-hydrogen) atoms. The number of benzene rings is 1. The molecule has 2 aromatic rings. The van der Waals surface area contributed by atoms with Gasteiger partial charge >= 0.3 is 18.6 Å². The van der Waals surface area contributed by atoms with Crippen LogP contribution in [0.5, 0.6) is 0 Å². The van der Waals surface area contributed by atoms with Gasteiger partial charge in [-0.25, -0.2) is 14.6 Å². The van der Waals surface area contributed by atoms with Crippen LogP contribution in [0.25, 0.3) is 11.3 Å². The topological polar surface area (TPSA) is 153 Å². The predicted octanol–water partition coefficient (Wildman–Crippen LogP) is 0.564. The molecule has 0 unspecified atom stereocenters. The summed E-state index contributed by atoms with van der Waals surface area (Å²) in [7, 11) is 1.73. The first-order valence-corrected chi connectivity index (χ1v) is 13.8. The van der Waals surface area contributed by atoms with E-state index in [0.717, 1.165) is 5.56 Å². The van der Waals surface area contributed by atoms with Crippen molar-refractivity contribution in [2.75, 3.05) is 20.3 Å². The third-order valence-electron chi connectivity index (χ3n) is 8.45. The summed E-state index contributed by atoms with van der Waals surface area (Å²) in [5, 5.41) is 16.0. The highest BCUT2D eigenvalue weighted by atomic mass is 16.7. The summed E-state index contributed by atoms with van der Waals surface area (Å²) in [6, 6.07) is 11.4. The Morgan fingerprint density at radius 3 is 2.22 bits per heavy atom. The molecule has 3 saturated heterocycles. The molecular weight excluding hydrogens is 531 g/mol. The zero-order valence-electron chi connectivity index (χ0n) is 23.5. The molecule has 3 N–H and O–H groups in total. The van der Waals surface area contributed by atoms with Gasteiger partial charge < -0.3 is 34.2 Å². The van der Waals surface area contributed by atoms with Crippen molar-refractivity contribution in [2.24, 2.45) is 5.92 Å². The van der Waals surface area contributed by atoms with Gasteiger partial charge in [-0.05, 0) is 31.4 Å². The van der Waals surface area contributed by atoms with Crippen LogP contribution in [-0.2, 0) is 28.4 Å². The van der Waals surface area contributed by atoms with Crippen molar-refractivity contribution in [1.82, 2.24) is 15.6 Å². The molecule has 2 amide bonds. The molecule has 0 spiro atoms. The first kappa shape index (κ1) is 28.7. The third-order valence-corrected chi connectivity index (χ3v) is 8.45. The number of nitrogens with zero attached hydrogens (tertiary/aromatic N) is 2. The SMILES string of the molecule is CC(C)C[C@H](NC(=O)[C@@H](NC(=O)c1cccc(-c2ccccc2)n1)[C@@H](C)O)[B-]12OC(=O)[C@H]3COC[C@H](C(=O)O1)[N+]32C. The van der Waals surface area contributed by atoms with Gasteiger partial charge in [-0.3, -0.25) is 9.59 Å². The normalized spacial score (nSPS) is 28.7. The minimum absolute atomic E-state index is 0.00390. The molecule has 3 fully saturated rings. The lowest BCUT2D eigenvalue weighted by atomic mass is 9.56. The van der Waals surface area contributed by atoms with Gasteiger partial charge in [-0.1, -0.05) is 50.2 Å². The third kappa shape index (κ3) is 4.87. The fraction of sp³-hybridized carbons (Fsp3) is 0.464. The van der Waals surface area contributed by atoms with Gasteiger partial charge in [0.2, 0.25) is 5.91 Å². The number of ether oxygens (including phenoxy) is 1. The highest BCUT2D eigenvalue weighted by molar-refractivity contribution is 6.68. The van der Waals surface area contributed by atoms with E-state index < -0.39 is 60.6 Å². The molecule has 218 valence electrons. The first-order valence-electron chi connectivity index (χ1n) is 13.8. The Hall–Kier alpha value is -3.81. The fourth-order valence-corrected chi connectivity index (χ4v) is 6.28. The average molecular weight is 566 g/mol. The van der Waals surface area contributed by atoms with Crippen molar-refractivity contribution < 1.29 is 42.7 Å². The number of carbonyl (C=O) groups is 4. The van der Waals surface area contributed by atoms with E-state index in [1.807, 2.05) is 44.2 Å². The van der Waals surface area contributed by atoms with Crippen LogP contribution in [0.4, 0.5) is 0 Å². The van der Waals surface area contributed by atoms with Crippen LogP contribution in [0.2, 0.25) is 0 Å². The van der Waals surface area contributed by atoms with Crippen molar-refractivity contribution in [3.8, 4) is 11.3 Å². The summed E-state index contributed by atoms with van der Waals surface area (Å²) >= 11 is 0. The smallest absolute Gasteiger partial charge is 0.599 e. The second kappa shape index (κ2) is 10.9. The number of hydrogen-bond donors (Lipinski definition) is 3. The van der Waals surface area contributed by atoms with Crippen LogP contribution < -0.4 is 10.6 Å². The van der Waals surface area contributed by atoms with Gasteiger partial charge in [-0.2, -0.15) is 0 Å². The van der Waals surface area contributed by atoms with E-state index in [1.54, 1.807) is 19.2 Å². The molecule has 13 heteroatoms. The van der Waals surface area contributed by atoms with Gasteiger partial charge in [0.15, 0.2) is 12.1 Å². The maximum atomic E-state index is 13.7. The minimum Gasteiger partial charge on any atom is -0.599 e. The van der Waals surface area contributed by atoms with Crippen LogP contribution in [0.15, 0.2) is 48.5 Å².